The van der Waals surface area contributed by atoms with Gasteiger partial charge in [-0.1, -0.05) is 23.7 Å². The highest BCUT2D eigenvalue weighted by molar-refractivity contribution is 6.35. The van der Waals surface area contributed by atoms with E-state index >= 15 is 0 Å². The van der Waals surface area contributed by atoms with E-state index in [1.165, 1.54) is 6.42 Å². The zero-order chi connectivity index (χ0) is 15.1. The van der Waals surface area contributed by atoms with Gasteiger partial charge in [0.15, 0.2) is 0 Å². The number of hydrazone groups is 1. The number of benzene rings is 1. The molecule has 1 aliphatic rings. The minimum atomic E-state index is -0.404. The maximum atomic E-state index is 12.1. The third kappa shape index (κ3) is 4.36. The molecule has 0 radical (unpaired) electrons. The second-order valence-corrected chi connectivity index (χ2v) is 5.20. The predicted octanol–water partition coefficient (Wildman–Crippen LogP) is 3.11. The molecular weight excluding hydrogens is 290 g/mol. The van der Waals surface area contributed by atoms with Gasteiger partial charge in [-0.05, 0) is 38.3 Å². The van der Waals surface area contributed by atoms with Crippen LogP contribution in [0.4, 0.5) is 5.69 Å². The Balaban J connectivity index is 2.15. The Kier molecular flexibility index (Phi) is 5.87. The number of anilines is 1. The van der Waals surface area contributed by atoms with Gasteiger partial charge < -0.3 is 9.64 Å². The number of piperidine rings is 1. The lowest BCUT2D eigenvalue weighted by Crippen LogP contribution is -2.41. The molecule has 1 heterocycles. The highest BCUT2D eigenvalue weighted by Gasteiger charge is 2.22. The van der Waals surface area contributed by atoms with Crippen LogP contribution >= 0.6 is 11.6 Å². The van der Waals surface area contributed by atoms with Crippen molar-refractivity contribution in [3.8, 4) is 0 Å². The Morgan fingerprint density at radius 1 is 1.33 bits per heavy atom. The topological polar surface area (TPSA) is 53.9 Å². The van der Waals surface area contributed by atoms with Crippen molar-refractivity contribution in [2.24, 2.45) is 5.10 Å². The second kappa shape index (κ2) is 7.88. The van der Waals surface area contributed by atoms with Crippen molar-refractivity contribution in [3.63, 3.8) is 0 Å². The van der Waals surface area contributed by atoms with E-state index in [-0.39, 0.29) is 0 Å². The first-order valence-electron chi connectivity index (χ1n) is 7.22. The molecule has 114 valence electrons. The van der Waals surface area contributed by atoms with E-state index in [2.05, 4.69) is 10.5 Å². The van der Waals surface area contributed by atoms with Crippen molar-refractivity contribution >= 4 is 29.1 Å². The molecule has 21 heavy (non-hydrogen) atoms. The maximum absolute atomic E-state index is 12.1. The summed E-state index contributed by atoms with van der Waals surface area (Å²) in [5, 5.41) is 4.79. The van der Waals surface area contributed by atoms with Crippen LogP contribution in [0, 0.1) is 0 Å². The van der Waals surface area contributed by atoms with Crippen LogP contribution in [0.2, 0.25) is 5.02 Å². The molecule has 1 aliphatic heterocycles. The Hall–Kier alpha value is -1.75. The van der Waals surface area contributed by atoms with Crippen molar-refractivity contribution < 1.29 is 9.53 Å². The Morgan fingerprint density at radius 3 is 2.71 bits per heavy atom. The number of carbonyl (C=O) groups excluding carboxylic acids is 1. The molecule has 0 spiro atoms. The smallest absolute Gasteiger partial charge is 0.375 e. The minimum absolute atomic E-state index is 0.316. The number of carbonyl (C=O) groups is 1. The van der Waals surface area contributed by atoms with Crippen LogP contribution in [-0.2, 0) is 9.53 Å². The van der Waals surface area contributed by atoms with Gasteiger partial charge in [0.05, 0.1) is 17.3 Å². The average Bonchev–Trinajstić information content (AvgIpc) is 2.50. The van der Waals surface area contributed by atoms with Crippen LogP contribution in [0.1, 0.15) is 26.2 Å². The number of halogens is 1. The van der Waals surface area contributed by atoms with Gasteiger partial charge in [-0.2, -0.15) is 0 Å². The molecule has 1 aromatic carbocycles. The summed E-state index contributed by atoms with van der Waals surface area (Å²) in [5.74, 6) is -0.0876. The number of amidine groups is 1. The first kappa shape index (κ1) is 15.6. The summed E-state index contributed by atoms with van der Waals surface area (Å²) in [6.45, 7) is 3.76. The molecule has 0 atom stereocenters. The van der Waals surface area contributed by atoms with Crippen molar-refractivity contribution in [1.29, 1.82) is 0 Å². The minimum Gasteiger partial charge on any atom is -0.460 e. The molecule has 0 saturated carbocycles. The predicted molar refractivity (Wildman–Crippen MR) is 84.6 cm³/mol. The molecular formula is C15H20ClN3O2. The summed E-state index contributed by atoms with van der Waals surface area (Å²) >= 11 is 6.07. The molecule has 1 saturated heterocycles. The van der Waals surface area contributed by atoms with E-state index in [9.17, 15) is 4.79 Å². The second-order valence-electron chi connectivity index (χ2n) is 4.80. The van der Waals surface area contributed by atoms with E-state index in [1.54, 1.807) is 13.0 Å². The lowest BCUT2D eigenvalue weighted by atomic mass is 10.1. The van der Waals surface area contributed by atoms with E-state index in [0.717, 1.165) is 25.9 Å². The number of nitrogens with zero attached hydrogens (tertiary/aromatic N) is 2. The maximum Gasteiger partial charge on any atom is 0.375 e. The summed E-state index contributed by atoms with van der Waals surface area (Å²) in [6, 6.07) is 7.28. The molecule has 5 nitrogen and oxygen atoms in total. The number of esters is 1. The molecule has 0 bridgehead atoms. The number of ether oxygens (including phenoxy) is 1. The fourth-order valence-electron chi connectivity index (χ4n) is 2.21. The fraction of sp³-hybridized carbons (Fsp3) is 0.467. The SMILES string of the molecule is CCOC(=O)/C(=N/Nc1ccccc1Cl)N1CCCCC1. The number of likely N-dealkylation sites (tertiary alicyclic amines) is 1. The number of hydrogen-bond donors (Lipinski definition) is 1. The fourth-order valence-corrected chi connectivity index (χ4v) is 2.39. The van der Waals surface area contributed by atoms with Gasteiger partial charge in [0.1, 0.15) is 0 Å². The van der Waals surface area contributed by atoms with Crippen LogP contribution in [0.15, 0.2) is 29.4 Å². The molecule has 0 aromatic heterocycles. The lowest BCUT2D eigenvalue weighted by molar-refractivity contribution is -0.136. The number of para-hydroxylation sites is 1. The quantitative estimate of drug-likeness (QED) is 0.403. The summed E-state index contributed by atoms with van der Waals surface area (Å²) in [7, 11) is 0. The number of hydrogen-bond acceptors (Lipinski definition) is 4. The van der Waals surface area contributed by atoms with Crippen LogP contribution in [0.5, 0.6) is 0 Å². The normalized spacial score (nSPS) is 15.7. The third-order valence-corrected chi connectivity index (χ3v) is 3.60. The van der Waals surface area contributed by atoms with Gasteiger partial charge in [0, 0.05) is 13.1 Å². The summed E-state index contributed by atoms with van der Waals surface area (Å²) < 4.78 is 5.09. The van der Waals surface area contributed by atoms with Crippen LogP contribution < -0.4 is 5.43 Å². The highest BCUT2D eigenvalue weighted by Crippen LogP contribution is 2.20. The molecule has 0 amide bonds. The van der Waals surface area contributed by atoms with Gasteiger partial charge in [0.2, 0.25) is 5.84 Å². The molecule has 1 aromatic rings. The number of nitrogens with one attached hydrogen (secondary N) is 1. The van der Waals surface area contributed by atoms with Gasteiger partial charge >= 0.3 is 5.97 Å². The summed E-state index contributed by atoms with van der Waals surface area (Å²) in [6.07, 6.45) is 3.31. The average molecular weight is 310 g/mol. The van der Waals surface area contributed by atoms with E-state index in [4.69, 9.17) is 16.3 Å². The first-order valence-corrected chi connectivity index (χ1v) is 7.60. The van der Waals surface area contributed by atoms with Gasteiger partial charge in [-0.25, -0.2) is 4.79 Å². The Bertz CT molecular complexity index is 513. The van der Waals surface area contributed by atoms with Gasteiger partial charge in [-0.15, -0.1) is 5.10 Å². The summed E-state index contributed by atoms with van der Waals surface area (Å²) in [5.41, 5.74) is 3.53. The standard InChI is InChI=1S/C15H20ClN3O2/c1-2-21-15(20)14(19-10-6-3-7-11-19)18-17-13-9-5-4-8-12(13)16/h4-5,8-9,17H,2-3,6-7,10-11H2,1H3/b18-14-. The van der Waals surface area contributed by atoms with E-state index in [1.807, 2.05) is 23.1 Å². The summed E-state index contributed by atoms with van der Waals surface area (Å²) in [4.78, 5) is 14.0. The number of rotatable bonds is 3. The largest absolute Gasteiger partial charge is 0.460 e. The molecule has 2 rings (SSSR count). The van der Waals surface area contributed by atoms with Crippen molar-refractivity contribution in [2.45, 2.75) is 26.2 Å². The van der Waals surface area contributed by atoms with Crippen LogP contribution in [-0.4, -0.2) is 36.4 Å². The Labute approximate surface area is 129 Å². The molecule has 1 N–H and O–H groups in total. The lowest BCUT2D eigenvalue weighted by Gasteiger charge is -2.28. The molecule has 6 heteroatoms. The van der Waals surface area contributed by atoms with E-state index in [0.29, 0.717) is 23.2 Å². The molecule has 0 aliphatic carbocycles. The van der Waals surface area contributed by atoms with Crippen molar-refractivity contribution in [1.82, 2.24) is 4.90 Å². The van der Waals surface area contributed by atoms with Crippen LogP contribution in [0.25, 0.3) is 0 Å². The van der Waals surface area contributed by atoms with Crippen molar-refractivity contribution in [3.05, 3.63) is 29.3 Å². The van der Waals surface area contributed by atoms with Crippen LogP contribution in [0.3, 0.4) is 0 Å². The van der Waals surface area contributed by atoms with E-state index < -0.39 is 5.97 Å². The van der Waals surface area contributed by atoms with Gasteiger partial charge in [0.25, 0.3) is 0 Å². The molecule has 1 fully saturated rings. The first-order chi connectivity index (χ1) is 10.2. The monoisotopic (exact) mass is 309 g/mol. The Morgan fingerprint density at radius 2 is 2.05 bits per heavy atom. The third-order valence-electron chi connectivity index (χ3n) is 3.27. The zero-order valence-electron chi connectivity index (χ0n) is 12.1. The van der Waals surface area contributed by atoms with Gasteiger partial charge in [-0.3, -0.25) is 5.43 Å². The highest BCUT2D eigenvalue weighted by atomic mass is 35.5. The zero-order valence-corrected chi connectivity index (χ0v) is 12.9. The van der Waals surface area contributed by atoms with Crippen molar-refractivity contribution in [2.75, 3.05) is 25.1 Å². The molecule has 0 unspecified atom stereocenters.